The number of aromatic nitrogens is 2. The van der Waals surface area contributed by atoms with Crippen LogP contribution in [0.5, 0.6) is 5.75 Å². The van der Waals surface area contributed by atoms with Crippen LogP contribution in [0, 0.1) is 13.8 Å². The molecule has 0 aliphatic heterocycles. The number of imidazole rings is 1. The Bertz CT molecular complexity index is 1280. The molecule has 0 fully saturated rings. The van der Waals surface area contributed by atoms with Crippen LogP contribution in [0.3, 0.4) is 0 Å². The van der Waals surface area contributed by atoms with Crippen molar-refractivity contribution < 1.29 is 9.53 Å². The summed E-state index contributed by atoms with van der Waals surface area (Å²) in [5.41, 5.74) is 4.81. The molecule has 4 rings (SSSR count). The summed E-state index contributed by atoms with van der Waals surface area (Å²) < 4.78 is 8.04. The maximum atomic E-state index is 13.0. The van der Waals surface area contributed by atoms with Gasteiger partial charge in [-0.25, -0.2) is 4.98 Å². The Kier molecular flexibility index (Phi) is 7.53. The van der Waals surface area contributed by atoms with Crippen LogP contribution < -0.4 is 10.1 Å². The lowest BCUT2D eigenvalue weighted by molar-refractivity contribution is 0.0937. The van der Waals surface area contributed by atoms with Crippen LogP contribution in [-0.2, 0) is 6.54 Å². The average molecular weight is 476 g/mol. The number of nitrogens with zero attached hydrogens (tertiary/aromatic N) is 2. The van der Waals surface area contributed by atoms with Crippen LogP contribution in [0.25, 0.3) is 11.0 Å². The largest absolute Gasteiger partial charge is 0.494 e. The number of rotatable bonds is 9. The topological polar surface area (TPSA) is 56.2 Å². The van der Waals surface area contributed by atoms with Crippen molar-refractivity contribution in [2.45, 2.75) is 46.2 Å². The summed E-state index contributed by atoms with van der Waals surface area (Å²) in [5, 5.41) is 3.84. The summed E-state index contributed by atoms with van der Waals surface area (Å²) in [6.07, 6.45) is 1.83. The van der Waals surface area contributed by atoms with Crippen molar-refractivity contribution in [1.29, 1.82) is 0 Å². The van der Waals surface area contributed by atoms with Gasteiger partial charge in [0.2, 0.25) is 0 Å². The number of carbonyl (C=O) groups excluding carboxylic acids is 1. The van der Waals surface area contributed by atoms with Crippen molar-refractivity contribution in [3.63, 3.8) is 0 Å². The van der Waals surface area contributed by atoms with Crippen molar-refractivity contribution in [1.82, 2.24) is 14.9 Å². The van der Waals surface area contributed by atoms with E-state index >= 15 is 0 Å². The molecule has 0 aliphatic carbocycles. The molecule has 1 N–H and O–H groups in total. The highest BCUT2D eigenvalue weighted by molar-refractivity contribution is 6.30. The predicted octanol–water partition coefficient (Wildman–Crippen LogP) is 6.66. The van der Waals surface area contributed by atoms with E-state index in [1.165, 1.54) is 0 Å². The number of fused-ring (bicyclic) bond motifs is 1. The number of para-hydroxylation sites is 2. The lowest BCUT2D eigenvalue weighted by Crippen LogP contribution is -2.29. The third-order valence-electron chi connectivity index (χ3n) is 5.90. The first-order valence-corrected chi connectivity index (χ1v) is 12.0. The molecular weight excluding hydrogens is 446 g/mol. The minimum atomic E-state index is -0.231. The van der Waals surface area contributed by atoms with E-state index in [9.17, 15) is 4.79 Å². The number of nitrogens with one attached hydrogen (secondary N) is 1. The summed E-state index contributed by atoms with van der Waals surface area (Å²) in [6.45, 7) is 7.41. The monoisotopic (exact) mass is 475 g/mol. The van der Waals surface area contributed by atoms with Gasteiger partial charge in [-0.05, 0) is 81.6 Å². The van der Waals surface area contributed by atoms with E-state index in [2.05, 4.69) is 16.0 Å². The van der Waals surface area contributed by atoms with E-state index < -0.39 is 0 Å². The van der Waals surface area contributed by atoms with Crippen molar-refractivity contribution >= 4 is 28.5 Å². The molecule has 0 bridgehead atoms. The van der Waals surface area contributed by atoms with Gasteiger partial charge >= 0.3 is 0 Å². The predicted molar refractivity (Wildman–Crippen MR) is 138 cm³/mol. The SMILES string of the molecule is Cc1ccc(C(=O)NC(C)c2nc3ccccc3n2CCCCOc2ccc(Cl)cc2)c(C)c1. The van der Waals surface area contributed by atoms with Crippen LogP contribution in [0.1, 0.15) is 53.1 Å². The van der Waals surface area contributed by atoms with Crippen molar-refractivity contribution in [2.24, 2.45) is 0 Å². The maximum absolute atomic E-state index is 13.0. The zero-order chi connectivity index (χ0) is 24.1. The zero-order valence-electron chi connectivity index (χ0n) is 19.8. The Morgan fingerprint density at radius 3 is 2.59 bits per heavy atom. The number of carbonyl (C=O) groups is 1. The van der Waals surface area contributed by atoms with Gasteiger partial charge in [-0.15, -0.1) is 0 Å². The molecule has 0 saturated carbocycles. The molecule has 5 nitrogen and oxygen atoms in total. The summed E-state index contributed by atoms with van der Waals surface area (Å²) in [5.74, 6) is 1.60. The molecule has 0 spiro atoms. The fourth-order valence-electron chi connectivity index (χ4n) is 4.16. The minimum Gasteiger partial charge on any atom is -0.494 e. The number of hydrogen-bond donors (Lipinski definition) is 1. The van der Waals surface area contributed by atoms with Gasteiger partial charge in [-0.2, -0.15) is 0 Å². The van der Waals surface area contributed by atoms with E-state index in [1.807, 2.05) is 81.4 Å². The van der Waals surface area contributed by atoms with Crippen molar-refractivity contribution in [2.75, 3.05) is 6.61 Å². The van der Waals surface area contributed by atoms with Gasteiger partial charge in [0.15, 0.2) is 0 Å². The van der Waals surface area contributed by atoms with E-state index in [4.69, 9.17) is 21.3 Å². The van der Waals surface area contributed by atoms with Crippen LogP contribution in [0.4, 0.5) is 0 Å². The smallest absolute Gasteiger partial charge is 0.252 e. The summed E-state index contributed by atoms with van der Waals surface area (Å²) in [4.78, 5) is 17.8. The van der Waals surface area contributed by atoms with Gasteiger partial charge in [-0.3, -0.25) is 4.79 Å². The van der Waals surface area contributed by atoms with Crippen molar-refractivity contribution in [3.05, 3.63) is 94.3 Å². The molecule has 1 unspecified atom stereocenters. The summed E-state index contributed by atoms with van der Waals surface area (Å²) in [7, 11) is 0. The summed E-state index contributed by atoms with van der Waals surface area (Å²) in [6, 6.07) is 21.2. The number of unbranched alkanes of at least 4 members (excludes halogenated alkanes) is 1. The highest BCUT2D eigenvalue weighted by Crippen LogP contribution is 2.23. The van der Waals surface area contributed by atoms with Gasteiger partial charge in [0, 0.05) is 17.1 Å². The Morgan fingerprint density at radius 2 is 1.82 bits per heavy atom. The Morgan fingerprint density at radius 1 is 1.06 bits per heavy atom. The first-order chi connectivity index (χ1) is 16.4. The second-order valence-electron chi connectivity index (χ2n) is 8.63. The Balaban J connectivity index is 1.43. The maximum Gasteiger partial charge on any atom is 0.252 e. The second-order valence-corrected chi connectivity index (χ2v) is 9.07. The average Bonchev–Trinajstić information content (AvgIpc) is 3.19. The molecule has 176 valence electrons. The van der Waals surface area contributed by atoms with Gasteiger partial charge in [0.1, 0.15) is 11.6 Å². The molecule has 1 heterocycles. The lowest BCUT2D eigenvalue weighted by atomic mass is 10.0. The van der Waals surface area contributed by atoms with Crippen LogP contribution in [0.2, 0.25) is 5.02 Å². The molecule has 1 aromatic heterocycles. The van der Waals surface area contributed by atoms with Crippen molar-refractivity contribution in [3.8, 4) is 5.75 Å². The van der Waals surface area contributed by atoms with Gasteiger partial charge in [0.05, 0.1) is 23.7 Å². The first-order valence-electron chi connectivity index (χ1n) is 11.6. The molecular formula is C28H30ClN3O2. The highest BCUT2D eigenvalue weighted by atomic mass is 35.5. The number of hydrogen-bond acceptors (Lipinski definition) is 3. The zero-order valence-corrected chi connectivity index (χ0v) is 20.6. The molecule has 0 saturated heterocycles. The van der Waals surface area contributed by atoms with Crippen LogP contribution >= 0.6 is 11.6 Å². The van der Waals surface area contributed by atoms with Gasteiger partial charge < -0.3 is 14.6 Å². The minimum absolute atomic E-state index is 0.0834. The normalized spacial score (nSPS) is 12.0. The molecule has 1 amide bonds. The van der Waals surface area contributed by atoms with E-state index in [-0.39, 0.29) is 11.9 Å². The van der Waals surface area contributed by atoms with Gasteiger partial charge in [0.25, 0.3) is 5.91 Å². The third-order valence-corrected chi connectivity index (χ3v) is 6.16. The summed E-state index contributed by atoms with van der Waals surface area (Å²) >= 11 is 5.93. The van der Waals surface area contributed by atoms with Crippen LogP contribution in [0.15, 0.2) is 66.7 Å². The fourth-order valence-corrected chi connectivity index (χ4v) is 4.29. The second kappa shape index (κ2) is 10.7. The Labute approximate surface area is 205 Å². The lowest BCUT2D eigenvalue weighted by Gasteiger charge is -2.17. The fraction of sp³-hybridized carbons (Fsp3) is 0.286. The molecule has 34 heavy (non-hydrogen) atoms. The van der Waals surface area contributed by atoms with Gasteiger partial charge in [-0.1, -0.05) is 41.4 Å². The highest BCUT2D eigenvalue weighted by Gasteiger charge is 2.19. The molecule has 0 aliphatic rings. The molecule has 1 atom stereocenters. The molecule has 3 aromatic carbocycles. The first kappa shape index (κ1) is 23.8. The molecule has 6 heteroatoms. The molecule has 0 radical (unpaired) electrons. The quantitative estimate of drug-likeness (QED) is 0.275. The van der Waals surface area contributed by atoms with E-state index in [0.29, 0.717) is 17.2 Å². The number of halogens is 1. The number of aryl methyl sites for hydroxylation is 3. The number of ether oxygens (including phenoxy) is 1. The van der Waals surface area contributed by atoms with E-state index in [0.717, 1.165) is 53.1 Å². The third kappa shape index (κ3) is 5.60. The standard InChI is InChI=1S/C28H30ClN3O2/c1-19-10-15-24(20(2)18-19)28(33)30-21(3)27-31-25-8-4-5-9-26(25)32(27)16-6-7-17-34-23-13-11-22(29)12-14-23/h4-5,8-15,18,21H,6-7,16-17H2,1-3H3,(H,30,33). The number of benzene rings is 3. The molecule has 4 aromatic rings. The van der Waals surface area contributed by atoms with Crippen LogP contribution in [-0.4, -0.2) is 22.1 Å². The number of amides is 1. The van der Waals surface area contributed by atoms with E-state index in [1.54, 1.807) is 0 Å². The Hall–Kier alpha value is -3.31.